The molecule has 0 amide bonds. The van der Waals surface area contributed by atoms with E-state index in [1.165, 1.54) is 12.7 Å². The van der Waals surface area contributed by atoms with Crippen LogP contribution in [0.1, 0.15) is 25.7 Å². The fourth-order valence-electron chi connectivity index (χ4n) is 1.73. The Kier molecular flexibility index (Phi) is 4.14. The molecule has 0 saturated heterocycles. The third-order valence-electron chi connectivity index (χ3n) is 3.18. The molecule has 0 aliphatic heterocycles. The monoisotopic (exact) mass is 234 g/mol. The van der Waals surface area contributed by atoms with Gasteiger partial charge in [-0.2, -0.15) is 0 Å². The number of rotatable bonds is 6. The van der Waals surface area contributed by atoms with Crippen molar-refractivity contribution >= 4 is 9.84 Å². The molecule has 1 aliphatic carbocycles. The topological polar surface area (TPSA) is 63.4 Å². The van der Waals surface area contributed by atoms with Crippen molar-refractivity contribution < 1.29 is 8.42 Å². The molecule has 0 aromatic heterocycles. The van der Waals surface area contributed by atoms with Crippen molar-refractivity contribution in [2.45, 2.75) is 31.2 Å². The largest absolute Gasteiger partial charge is 0.325 e. The fraction of sp³-hybridized carbons (Fsp3) is 1.00. The fourth-order valence-corrected chi connectivity index (χ4v) is 2.37. The van der Waals surface area contributed by atoms with Gasteiger partial charge in [-0.25, -0.2) is 8.42 Å². The first-order valence-electron chi connectivity index (χ1n) is 5.46. The van der Waals surface area contributed by atoms with Gasteiger partial charge >= 0.3 is 0 Å². The summed E-state index contributed by atoms with van der Waals surface area (Å²) in [7, 11) is -0.886. The molecule has 0 aromatic carbocycles. The lowest BCUT2D eigenvalue weighted by atomic mass is 9.75. The van der Waals surface area contributed by atoms with E-state index in [1.807, 2.05) is 11.9 Å². The number of nitrogens with two attached hydrogens (primary N) is 1. The van der Waals surface area contributed by atoms with Crippen LogP contribution >= 0.6 is 0 Å². The summed E-state index contributed by atoms with van der Waals surface area (Å²) < 4.78 is 21.9. The van der Waals surface area contributed by atoms with E-state index in [0.29, 0.717) is 6.54 Å². The molecule has 90 valence electrons. The van der Waals surface area contributed by atoms with Gasteiger partial charge in [-0.05, 0) is 39.3 Å². The van der Waals surface area contributed by atoms with Gasteiger partial charge in [0.05, 0.1) is 5.75 Å². The van der Waals surface area contributed by atoms with Gasteiger partial charge < -0.3 is 10.6 Å². The van der Waals surface area contributed by atoms with Crippen LogP contribution in [0, 0.1) is 0 Å². The van der Waals surface area contributed by atoms with Gasteiger partial charge in [0.1, 0.15) is 9.84 Å². The predicted octanol–water partition coefficient (Wildman–Crippen LogP) is 0.234. The summed E-state index contributed by atoms with van der Waals surface area (Å²) in [5.41, 5.74) is 6.13. The summed E-state index contributed by atoms with van der Waals surface area (Å²) in [6.45, 7) is 1.50. The first-order chi connectivity index (χ1) is 6.81. The normalized spacial score (nSPS) is 20.3. The quantitative estimate of drug-likeness (QED) is 0.715. The van der Waals surface area contributed by atoms with Crippen LogP contribution in [-0.2, 0) is 9.84 Å². The molecule has 5 heteroatoms. The second-order valence-electron chi connectivity index (χ2n) is 4.90. The first-order valence-corrected chi connectivity index (χ1v) is 7.52. The van der Waals surface area contributed by atoms with Crippen molar-refractivity contribution in [1.82, 2.24) is 4.90 Å². The van der Waals surface area contributed by atoms with Crippen molar-refractivity contribution in [2.75, 3.05) is 32.1 Å². The van der Waals surface area contributed by atoms with Crippen molar-refractivity contribution in [2.24, 2.45) is 5.73 Å². The van der Waals surface area contributed by atoms with Crippen molar-refractivity contribution in [1.29, 1.82) is 0 Å². The standard InChI is InChI=1S/C10H22N2O2S/c1-12(8-9-15(2,13)14)7-6-10(11)4-3-5-10/h3-9,11H2,1-2H3. The van der Waals surface area contributed by atoms with E-state index < -0.39 is 9.84 Å². The maximum atomic E-state index is 11.0. The highest BCUT2D eigenvalue weighted by Crippen LogP contribution is 2.31. The molecule has 2 N–H and O–H groups in total. The van der Waals surface area contributed by atoms with Crippen LogP contribution in [-0.4, -0.2) is 51.0 Å². The molecule has 0 atom stereocenters. The van der Waals surface area contributed by atoms with Crippen LogP contribution in [0.25, 0.3) is 0 Å². The zero-order valence-corrected chi connectivity index (χ0v) is 10.5. The van der Waals surface area contributed by atoms with Crippen LogP contribution < -0.4 is 5.73 Å². The molecule has 4 nitrogen and oxygen atoms in total. The van der Waals surface area contributed by atoms with E-state index in [2.05, 4.69) is 0 Å². The lowest BCUT2D eigenvalue weighted by Crippen LogP contribution is -2.48. The van der Waals surface area contributed by atoms with Gasteiger partial charge in [-0.3, -0.25) is 0 Å². The number of hydrogen-bond acceptors (Lipinski definition) is 4. The van der Waals surface area contributed by atoms with E-state index in [9.17, 15) is 8.42 Å². The Morgan fingerprint density at radius 2 is 1.93 bits per heavy atom. The maximum absolute atomic E-state index is 11.0. The van der Waals surface area contributed by atoms with Crippen LogP contribution in [0.5, 0.6) is 0 Å². The smallest absolute Gasteiger partial charge is 0.148 e. The van der Waals surface area contributed by atoms with Crippen molar-refractivity contribution in [3.05, 3.63) is 0 Å². The Hall–Kier alpha value is -0.130. The van der Waals surface area contributed by atoms with Crippen LogP contribution in [0.2, 0.25) is 0 Å². The molecule has 0 heterocycles. The van der Waals surface area contributed by atoms with E-state index in [-0.39, 0.29) is 11.3 Å². The summed E-state index contributed by atoms with van der Waals surface area (Å²) in [5, 5.41) is 0. The number of hydrogen-bond donors (Lipinski definition) is 1. The zero-order chi connectivity index (χ0) is 11.5. The minimum atomic E-state index is -2.84. The summed E-state index contributed by atoms with van der Waals surface area (Å²) >= 11 is 0. The minimum Gasteiger partial charge on any atom is -0.325 e. The van der Waals surface area contributed by atoms with E-state index in [1.54, 1.807) is 0 Å². The van der Waals surface area contributed by atoms with Crippen molar-refractivity contribution in [3.8, 4) is 0 Å². The lowest BCUT2D eigenvalue weighted by Gasteiger charge is -2.39. The predicted molar refractivity (Wildman–Crippen MR) is 62.6 cm³/mol. The first kappa shape index (κ1) is 12.9. The Morgan fingerprint density at radius 3 is 2.33 bits per heavy atom. The maximum Gasteiger partial charge on any atom is 0.148 e. The summed E-state index contributed by atoms with van der Waals surface area (Å²) in [4.78, 5) is 2.05. The van der Waals surface area contributed by atoms with Gasteiger partial charge in [0.2, 0.25) is 0 Å². The minimum absolute atomic E-state index is 0.0410. The molecule has 1 fully saturated rings. The number of sulfone groups is 1. The summed E-state index contributed by atoms with van der Waals surface area (Å²) in [6, 6.07) is 0. The van der Waals surface area contributed by atoms with Crippen LogP contribution in [0.3, 0.4) is 0 Å². The second kappa shape index (κ2) is 4.80. The molecule has 15 heavy (non-hydrogen) atoms. The van der Waals surface area contributed by atoms with E-state index >= 15 is 0 Å². The van der Waals surface area contributed by atoms with E-state index in [4.69, 9.17) is 5.73 Å². The molecule has 1 rings (SSSR count). The summed E-state index contributed by atoms with van der Waals surface area (Å²) in [5.74, 6) is 0.237. The van der Waals surface area contributed by atoms with Crippen LogP contribution in [0.15, 0.2) is 0 Å². The van der Waals surface area contributed by atoms with Gasteiger partial charge in [0.25, 0.3) is 0 Å². The molecule has 0 spiro atoms. The molecule has 0 radical (unpaired) electrons. The SMILES string of the molecule is CN(CCC1(N)CCC1)CCS(C)(=O)=O. The Labute approximate surface area is 92.7 Å². The molecule has 1 aliphatic rings. The molecular weight excluding hydrogens is 212 g/mol. The van der Waals surface area contributed by atoms with Gasteiger partial charge in [0, 0.05) is 18.3 Å². The second-order valence-corrected chi connectivity index (χ2v) is 7.16. The zero-order valence-electron chi connectivity index (χ0n) is 9.70. The van der Waals surface area contributed by atoms with Gasteiger partial charge in [0.15, 0.2) is 0 Å². The highest BCUT2D eigenvalue weighted by atomic mass is 32.2. The average molecular weight is 234 g/mol. The van der Waals surface area contributed by atoms with Gasteiger partial charge in [-0.15, -0.1) is 0 Å². The van der Waals surface area contributed by atoms with Gasteiger partial charge in [-0.1, -0.05) is 0 Å². The highest BCUT2D eigenvalue weighted by molar-refractivity contribution is 7.90. The molecule has 1 saturated carbocycles. The molecule has 0 aromatic rings. The Morgan fingerprint density at radius 1 is 1.33 bits per heavy atom. The number of nitrogens with zero attached hydrogens (tertiary/aromatic N) is 1. The van der Waals surface area contributed by atoms with E-state index in [0.717, 1.165) is 25.8 Å². The third kappa shape index (κ3) is 4.95. The molecular formula is C10H22N2O2S. The average Bonchev–Trinajstić information content (AvgIpc) is 2.07. The van der Waals surface area contributed by atoms with Crippen LogP contribution in [0.4, 0.5) is 0 Å². The Bertz CT molecular complexity index is 297. The summed E-state index contributed by atoms with van der Waals surface area (Å²) in [6.07, 6.45) is 5.73. The lowest BCUT2D eigenvalue weighted by molar-refractivity contribution is 0.199. The molecule has 0 unspecified atom stereocenters. The van der Waals surface area contributed by atoms with Crippen molar-refractivity contribution in [3.63, 3.8) is 0 Å². The molecule has 0 bridgehead atoms. The Balaban J connectivity index is 2.16. The third-order valence-corrected chi connectivity index (χ3v) is 4.11. The highest BCUT2D eigenvalue weighted by Gasteiger charge is 2.31.